The Hall–Kier alpha value is -1.35. The van der Waals surface area contributed by atoms with Gasteiger partial charge in [0.15, 0.2) is 5.78 Å². The van der Waals surface area contributed by atoms with Crippen LogP contribution >= 0.6 is 0 Å². The van der Waals surface area contributed by atoms with E-state index in [0.29, 0.717) is 0 Å². The lowest BCUT2D eigenvalue weighted by atomic mass is 9.87. The van der Waals surface area contributed by atoms with Crippen LogP contribution in [0.4, 0.5) is 0 Å². The number of rotatable bonds is 4. The maximum absolute atomic E-state index is 11.8. The third kappa shape index (κ3) is 8.70. The number of Topliss-reactive ketones (excluding diaryl/α,β-unsaturated/α-hetero) is 1. The van der Waals surface area contributed by atoms with Crippen LogP contribution in [0.15, 0.2) is 30.3 Å². The molecule has 0 saturated heterocycles. The van der Waals surface area contributed by atoms with Gasteiger partial charge in [0.1, 0.15) is 12.4 Å². The van der Waals surface area contributed by atoms with E-state index >= 15 is 0 Å². The number of ketones is 1. The largest absolute Gasteiger partial charge is 0.492 e. The average Bonchev–Trinajstić information content (AvgIpc) is 2.34. The highest BCUT2D eigenvalue weighted by Crippen LogP contribution is 2.17. The highest BCUT2D eigenvalue weighted by Gasteiger charge is 2.27. The highest BCUT2D eigenvalue weighted by atomic mass is 16.5. The van der Waals surface area contributed by atoms with E-state index in [9.17, 15) is 4.79 Å². The fourth-order valence-electron chi connectivity index (χ4n) is 1.33. The van der Waals surface area contributed by atoms with Crippen molar-refractivity contribution in [3.63, 3.8) is 0 Å². The molecule has 1 aromatic rings. The molecule has 0 amide bonds. The predicted octanol–water partition coefficient (Wildman–Crippen LogP) is 3.67. The van der Waals surface area contributed by atoms with E-state index in [1.807, 2.05) is 51.1 Å². The molecule has 0 spiro atoms. The summed E-state index contributed by atoms with van der Waals surface area (Å²) in [5, 5.41) is 0. The maximum Gasteiger partial charge on any atom is 0.158 e. The molecular weight excluding hydrogens is 250 g/mol. The summed E-state index contributed by atoms with van der Waals surface area (Å²) in [4.78, 5) is 11.8. The van der Waals surface area contributed by atoms with Gasteiger partial charge in [0, 0.05) is 5.41 Å². The second kappa shape index (κ2) is 8.75. The van der Waals surface area contributed by atoms with Crippen LogP contribution < -0.4 is 10.5 Å². The molecule has 0 heterocycles. The molecule has 0 unspecified atom stereocenters. The van der Waals surface area contributed by atoms with Gasteiger partial charge >= 0.3 is 0 Å². The number of hydrogen-bond acceptors (Lipinski definition) is 3. The Kier molecular flexibility index (Phi) is 8.16. The van der Waals surface area contributed by atoms with E-state index in [1.165, 1.54) is 0 Å². The first-order valence-corrected chi connectivity index (χ1v) is 7.12. The highest BCUT2D eigenvalue weighted by molar-refractivity contribution is 5.88. The summed E-state index contributed by atoms with van der Waals surface area (Å²) < 4.78 is 5.44. The zero-order chi connectivity index (χ0) is 15.8. The van der Waals surface area contributed by atoms with Gasteiger partial charge in [0.05, 0.1) is 6.04 Å². The molecule has 0 aliphatic heterocycles. The zero-order valence-corrected chi connectivity index (χ0v) is 13.6. The first kappa shape index (κ1) is 18.7. The van der Waals surface area contributed by atoms with Crippen LogP contribution in [0.2, 0.25) is 0 Å². The summed E-state index contributed by atoms with van der Waals surface area (Å²) in [5.74, 6) is 1.59. The topological polar surface area (TPSA) is 52.3 Å². The molecule has 0 bridgehead atoms. The minimum Gasteiger partial charge on any atom is -0.492 e. The van der Waals surface area contributed by atoms with Gasteiger partial charge in [-0.25, -0.2) is 0 Å². The maximum atomic E-state index is 11.8. The van der Waals surface area contributed by atoms with Crippen molar-refractivity contribution < 1.29 is 9.53 Å². The number of hydrogen-bond donors (Lipinski definition) is 1. The summed E-state index contributed by atoms with van der Waals surface area (Å²) in [6, 6.07) is 8.79. The molecule has 114 valence electrons. The molecule has 3 nitrogen and oxygen atoms in total. The van der Waals surface area contributed by atoms with E-state index < -0.39 is 11.5 Å². The van der Waals surface area contributed by atoms with Crippen LogP contribution in [0, 0.1) is 11.3 Å². The molecular formula is C17H29NO2. The Morgan fingerprint density at radius 1 is 1.15 bits per heavy atom. The Bertz CT molecular complexity index is 377. The van der Waals surface area contributed by atoms with Gasteiger partial charge in [0.25, 0.3) is 0 Å². The molecule has 1 rings (SSSR count). The van der Waals surface area contributed by atoms with Crippen molar-refractivity contribution in [2.45, 2.75) is 47.6 Å². The van der Waals surface area contributed by atoms with Crippen LogP contribution in [0.25, 0.3) is 0 Å². The van der Waals surface area contributed by atoms with Crippen molar-refractivity contribution in [2.75, 3.05) is 6.61 Å². The molecule has 0 fully saturated rings. The summed E-state index contributed by atoms with van der Waals surface area (Å²) >= 11 is 0. The predicted molar refractivity (Wildman–Crippen MR) is 84.9 cm³/mol. The smallest absolute Gasteiger partial charge is 0.158 e. The van der Waals surface area contributed by atoms with E-state index in [2.05, 4.69) is 20.8 Å². The number of carbonyl (C=O) groups excluding carboxylic acids is 1. The van der Waals surface area contributed by atoms with E-state index in [1.54, 1.807) is 0 Å². The van der Waals surface area contributed by atoms with E-state index in [-0.39, 0.29) is 12.4 Å². The van der Waals surface area contributed by atoms with Crippen LogP contribution in [-0.2, 0) is 4.79 Å². The van der Waals surface area contributed by atoms with Crippen molar-refractivity contribution in [2.24, 2.45) is 17.1 Å². The average molecular weight is 279 g/mol. The molecule has 0 aliphatic rings. The van der Waals surface area contributed by atoms with Crippen molar-refractivity contribution in [1.29, 1.82) is 0 Å². The van der Waals surface area contributed by atoms with Gasteiger partial charge in [0.2, 0.25) is 0 Å². The van der Waals surface area contributed by atoms with Gasteiger partial charge in [-0.3, -0.25) is 4.79 Å². The fraction of sp³-hybridized carbons (Fsp3) is 0.588. The standard InChI is InChI=1S/C13H19NO2.C4H10/c1-13(2,3)12(15)11(14)9-16-10-7-5-4-6-8-10;1-4(2)3/h4-8,11H,9,14H2,1-3H3;4H,1-3H3/t11-;/m0./s1. The third-order valence-corrected chi connectivity index (χ3v) is 2.25. The molecule has 20 heavy (non-hydrogen) atoms. The Balaban J connectivity index is 0.000000796. The van der Waals surface area contributed by atoms with Crippen molar-refractivity contribution in [3.8, 4) is 5.75 Å². The third-order valence-electron chi connectivity index (χ3n) is 2.25. The second-order valence-electron chi connectivity index (χ2n) is 6.58. The minimum absolute atomic E-state index is 0.0171. The van der Waals surface area contributed by atoms with Crippen LogP contribution in [0.1, 0.15) is 41.5 Å². The van der Waals surface area contributed by atoms with E-state index in [4.69, 9.17) is 10.5 Å². The fourth-order valence-corrected chi connectivity index (χ4v) is 1.33. The summed E-state index contributed by atoms with van der Waals surface area (Å²) in [7, 11) is 0. The Labute approximate surface area is 123 Å². The molecule has 1 atom stereocenters. The molecule has 0 saturated carbocycles. The van der Waals surface area contributed by atoms with Crippen molar-refractivity contribution >= 4 is 5.78 Å². The zero-order valence-electron chi connectivity index (χ0n) is 13.6. The molecule has 0 aromatic heterocycles. The molecule has 1 aromatic carbocycles. The first-order chi connectivity index (χ1) is 9.14. The molecule has 0 aliphatic carbocycles. The molecule has 2 N–H and O–H groups in total. The number of ether oxygens (including phenoxy) is 1. The number of para-hydroxylation sites is 1. The summed E-state index contributed by atoms with van der Waals surface area (Å²) in [6.07, 6.45) is 0. The summed E-state index contributed by atoms with van der Waals surface area (Å²) in [6.45, 7) is 12.3. The van der Waals surface area contributed by atoms with Crippen LogP contribution in [0.3, 0.4) is 0 Å². The molecule has 0 radical (unpaired) electrons. The van der Waals surface area contributed by atoms with Gasteiger partial charge in [-0.2, -0.15) is 0 Å². The number of benzene rings is 1. The van der Waals surface area contributed by atoms with Gasteiger partial charge in [-0.05, 0) is 18.1 Å². The lowest BCUT2D eigenvalue weighted by Crippen LogP contribution is -2.42. The second-order valence-corrected chi connectivity index (χ2v) is 6.58. The summed E-state index contributed by atoms with van der Waals surface area (Å²) in [5.41, 5.74) is 5.36. The SMILES string of the molecule is CC(C)(C)C(=O)[C@@H](N)COc1ccccc1.CC(C)C. The van der Waals surface area contributed by atoms with Gasteiger partial charge < -0.3 is 10.5 Å². The quantitative estimate of drug-likeness (QED) is 0.915. The van der Waals surface area contributed by atoms with Crippen molar-refractivity contribution in [1.82, 2.24) is 0 Å². The number of nitrogens with two attached hydrogens (primary N) is 1. The van der Waals surface area contributed by atoms with Gasteiger partial charge in [-0.1, -0.05) is 59.7 Å². The van der Waals surface area contributed by atoms with Gasteiger partial charge in [-0.15, -0.1) is 0 Å². The normalized spacial score (nSPS) is 12.4. The lowest BCUT2D eigenvalue weighted by Gasteiger charge is -2.21. The first-order valence-electron chi connectivity index (χ1n) is 7.12. The van der Waals surface area contributed by atoms with Crippen LogP contribution in [-0.4, -0.2) is 18.4 Å². The van der Waals surface area contributed by atoms with E-state index in [0.717, 1.165) is 11.7 Å². The monoisotopic (exact) mass is 279 g/mol. The molecule has 3 heteroatoms. The Morgan fingerprint density at radius 3 is 2.00 bits per heavy atom. The minimum atomic E-state index is -0.569. The number of carbonyl (C=O) groups is 1. The lowest BCUT2D eigenvalue weighted by molar-refractivity contribution is -0.128. The van der Waals surface area contributed by atoms with Crippen molar-refractivity contribution in [3.05, 3.63) is 30.3 Å². The van der Waals surface area contributed by atoms with Crippen LogP contribution in [0.5, 0.6) is 5.75 Å². The Morgan fingerprint density at radius 2 is 1.60 bits per heavy atom.